The van der Waals surface area contributed by atoms with Gasteiger partial charge in [-0.3, -0.25) is 4.79 Å². The number of carbonyl (C=O) groups is 1. The van der Waals surface area contributed by atoms with Gasteiger partial charge < -0.3 is 5.32 Å². The molecule has 0 heterocycles. The lowest BCUT2D eigenvalue weighted by Gasteiger charge is -2.03. The Hall–Kier alpha value is -2.29. The molecule has 2 aromatic rings. The van der Waals surface area contributed by atoms with Crippen LogP contribution in [-0.4, -0.2) is 11.1 Å². The van der Waals surface area contributed by atoms with E-state index in [1.54, 1.807) is 17.3 Å². The van der Waals surface area contributed by atoms with E-state index in [0.29, 0.717) is 5.56 Å². The zero-order chi connectivity index (χ0) is 13.2. The lowest BCUT2D eigenvalue weighted by atomic mass is 10.2. The summed E-state index contributed by atoms with van der Waals surface area (Å²) < 4.78 is 0. The highest BCUT2D eigenvalue weighted by Crippen LogP contribution is 2.07. The summed E-state index contributed by atoms with van der Waals surface area (Å²) in [5.74, 6) is -0.0817. The Morgan fingerprint density at radius 1 is 1.00 bits per heavy atom. The van der Waals surface area contributed by atoms with Crippen LogP contribution in [0.25, 0.3) is 0 Å². The van der Waals surface area contributed by atoms with Crippen LogP contribution in [0.15, 0.2) is 60.7 Å². The fourth-order valence-electron chi connectivity index (χ4n) is 1.31. The number of thiocarbonyl (C=S) groups is 1. The van der Waals surface area contributed by atoms with Crippen molar-refractivity contribution in [1.82, 2.24) is 0 Å². The first kappa shape index (κ1) is 13.8. The molecule has 0 aliphatic heterocycles. The molecule has 0 saturated carbocycles. The molecule has 2 rings (SSSR count). The van der Waals surface area contributed by atoms with Gasteiger partial charge in [0.1, 0.15) is 0 Å². The maximum Gasteiger partial charge on any atom is 0.255 e. The molecule has 90 valence electrons. The molecule has 0 spiro atoms. The summed E-state index contributed by atoms with van der Waals surface area (Å²) in [7, 11) is 0. The molecule has 0 fully saturated rings. The number of para-hydroxylation sites is 1. The summed E-state index contributed by atoms with van der Waals surface area (Å²) in [5, 5.41) is 10.2. The van der Waals surface area contributed by atoms with Crippen LogP contribution in [0.3, 0.4) is 0 Å². The fraction of sp³-hybridized carbons (Fsp3) is 0. The van der Waals surface area contributed by atoms with E-state index >= 15 is 0 Å². The maximum absolute atomic E-state index is 11.7. The molecule has 0 unspecified atom stereocenters. The number of hydrogen-bond donors (Lipinski definition) is 2. The second kappa shape index (κ2) is 7.90. The molecular weight excluding hydrogens is 244 g/mol. The van der Waals surface area contributed by atoms with E-state index in [-0.39, 0.29) is 5.91 Å². The predicted octanol–water partition coefficient (Wildman–Crippen LogP) is 3.61. The zero-order valence-electron chi connectivity index (χ0n) is 9.59. The molecule has 0 aromatic heterocycles. The standard InChI is InChI=1S/C13H11NO.CHNS/c15-13(11-7-3-1-4-8-11)14-12-9-5-2-6-10-12;2-1-3/h1-10H,(H,14,15);2H. The van der Waals surface area contributed by atoms with Gasteiger partial charge in [-0.05, 0) is 36.5 Å². The van der Waals surface area contributed by atoms with Crippen molar-refractivity contribution in [3.05, 3.63) is 66.2 Å². The van der Waals surface area contributed by atoms with Crippen LogP contribution >= 0.6 is 12.2 Å². The van der Waals surface area contributed by atoms with E-state index in [2.05, 4.69) is 17.5 Å². The van der Waals surface area contributed by atoms with Crippen molar-refractivity contribution in [1.29, 1.82) is 5.41 Å². The molecule has 0 aliphatic carbocycles. The van der Waals surface area contributed by atoms with Crippen LogP contribution in [-0.2, 0) is 0 Å². The minimum absolute atomic E-state index is 0.0817. The van der Waals surface area contributed by atoms with Crippen molar-refractivity contribution in [3.63, 3.8) is 0 Å². The normalized spacial score (nSPS) is 8.44. The average molecular weight is 256 g/mol. The number of benzene rings is 2. The first-order chi connectivity index (χ1) is 8.77. The number of rotatable bonds is 2. The number of anilines is 1. The number of amides is 1. The van der Waals surface area contributed by atoms with Crippen LogP contribution in [0.5, 0.6) is 0 Å². The van der Waals surface area contributed by atoms with E-state index in [0.717, 1.165) is 5.69 Å². The Labute approximate surface area is 111 Å². The Kier molecular flexibility index (Phi) is 6.04. The molecule has 3 nitrogen and oxygen atoms in total. The highest BCUT2D eigenvalue weighted by molar-refractivity contribution is 7.78. The van der Waals surface area contributed by atoms with E-state index in [9.17, 15) is 4.79 Å². The van der Waals surface area contributed by atoms with Gasteiger partial charge in [0.25, 0.3) is 5.91 Å². The van der Waals surface area contributed by atoms with Gasteiger partial charge in [-0.1, -0.05) is 36.4 Å². The Bertz CT molecular complexity index is 520. The lowest BCUT2D eigenvalue weighted by molar-refractivity contribution is 0.102. The maximum atomic E-state index is 11.7. The van der Waals surface area contributed by atoms with Gasteiger partial charge in [-0.15, -0.1) is 0 Å². The van der Waals surface area contributed by atoms with Crippen molar-refractivity contribution in [2.75, 3.05) is 5.32 Å². The van der Waals surface area contributed by atoms with E-state index in [1.165, 1.54) is 0 Å². The molecule has 2 aromatic carbocycles. The third kappa shape index (κ3) is 4.70. The first-order valence-electron chi connectivity index (χ1n) is 5.23. The fourth-order valence-corrected chi connectivity index (χ4v) is 1.31. The van der Waals surface area contributed by atoms with Gasteiger partial charge in [-0.2, -0.15) is 0 Å². The van der Waals surface area contributed by atoms with E-state index in [4.69, 9.17) is 5.41 Å². The summed E-state index contributed by atoms with van der Waals surface area (Å²) >= 11 is 3.81. The van der Waals surface area contributed by atoms with Crippen LogP contribution in [0.2, 0.25) is 0 Å². The highest BCUT2D eigenvalue weighted by atomic mass is 32.1. The quantitative estimate of drug-likeness (QED) is 0.637. The van der Waals surface area contributed by atoms with Gasteiger partial charge in [0.15, 0.2) is 0 Å². The van der Waals surface area contributed by atoms with Gasteiger partial charge in [0.2, 0.25) is 0 Å². The summed E-state index contributed by atoms with van der Waals surface area (Å²) in [6, 6.07) is 18.6. The third-order valence-corrected chi connectivity index (χ3v) is 2.07. The van der Waals surface area contributed by atoms with Gasteiger partial charge in [0, 0.05) is 11.3 Å². The van der Waals surface area contributed by atoms with Gasteiger partial charge in [0.05, 0.1) is 5.16 Å². The summed E-state index contributed by atoms with van der Waals surface area (Å²) in [5.41, 5.74) is 1.48. The molecule has 0 radical (unpaired) electrons. The smallest absolute Gasteiger partial charge is 0.255 e. The minimum Gasteiger partial charge on any atom is -0.322 e. The molecule has 0 atom stereocenters. The molecule has 0 bridgehead atoms. The van der Waals surface area contributed by atoms with Crippen molar-refractivity contribution >= 4 is 29.0 Å². The van der Waals surface area contributed by atoms with Crippen LogP contribution < -0.4 is 5.32 Å². The number of nitrogens with one attached hydrogen (secondary N) is 2. The monoisotopic (exact) mass is 256 g/mol. The predicted molar refractivity (Wildman–Crippen MR) is 76.2 cm³/mol. The molecule has 0 saturated heterocycles. The highest BCUT2D eigenvalue weighted by Gasteiger charge is 2.03. The van der Waals surface area contributed by atoms with E-state index < -0.39 is 0 Å². The zero-order valence-corrected chi connectivity index (χ0v) is 10.4. The molecule has 1 amide bonds. The van der Waals surface area contributed by atoms with Gasteiger partial charge >= 0.3 is 0 Å². The largest absolute Gasteiger partial charge is 0.322 e. The van der Waals surface area contributed by atoms with Crippen molar-refractivity contribution in [3.8, 4) is 0 Å². The Morgan fingerprint density at radius 2 is 1.44 bits per heavy atom. The van der Waals surface area contributed by atoms with Gasteiger partial charge in [-0.25, -0.2) is 5.41 Å². The number of carbonyl (C=O) groups excluding carboxylic acids is 1. The van der Waals surface area contributed by atoms with Crippen molar-refractivity contribution in [2.45, 2.75) is 0 Å². The molecule has 0 aliphatic rings. The second-order valence-corrected chi connectivity index (χ2v) is 3.49. The van der Waals surface area contributed by atoms with E-state index in [1.807, 2.05) is 48.5 Å². The summed E-state index contributed by atoms with van der Waals surface area (Å²) in [6.45, 7) is 0. The topological polar surface area (TPSA) is 53.0 Å². The Balaban J connectivity index is 0.000000492. The summed E-state index contributed by atoms with van der Waals surface area (Å²) in [4.78, 5) is 11.7. The number of isothiocyanates is 1. The minimum atomic E-state index is -0.0817. The second-order valence-electron chi connectivity index (χ2n) is 3.29. The Morgan fingerprint density at radius 3 is 1.94 bits per heavy atom. The lowest BCUT2D eigenvalue weighted by Crippen LogP contribution is -2.11. The third-order valence-electron chi connectivity index (χ3n) is 2.07. The van der Waals surface area contributed by atoms with Crippen LogP contribution in [0.4, 0.5) is 5.69 Å². The first-order valence-corrected chi connectivity index (χ1v) is 5.64. The molecule has 18 heavy (non-hydrogen) atoms. The van der Waals surface area contributed by atoms with Crippen LogP contribution in [0, 0.1) is 5.41 Å². The van der Waals surface area contributed by atoms with Crippen molar-refractivity contribution < 1.29 is 4.79 Å². The number of hydrogen-bond acceptors (Lipinski definition) is 3. The molecular formula is C14H12N2OS. The average Bonchev–Trinajstić information content (AvgIpc) is 2.42. The van der Waals surface area contributed by atoms with Crippen LogP contribution in [0.1, 0.15) is 10.4 Å². The molecule has 2 N–H and O–H groups in total. The summed E-state index contributed by atoms with van der Waals surface area (Å²) in [6.07, 6.45) is 0. The molecule has 4 heteroatoms. The SMILES string of the molecule is N=C=S.O=C(Nc1ccccc1)c1ccccc1. The van der Waals surface area contributed by atoms with Crippen molar-refractivity contribution in [2.24, 2.45) is 0 Å².